The maximum absolute atomic E-state index is 15.2. The molecule has 3 aliphatic rings. The summed E-state index contributed by atoms with van der Waals surface area (Å²) < 4.78 is 19.3. The van der Waals surface area contributed by atoms with Gasteiger partial charge in [0.25, 0.3) is 0 Å². The van der Waals surface area contributed by atoms with E-state index in [2.05, 4.69) is 20.2 Å². The molecule has 0 aliphatic carbocycles. The molecule has 2 N–H and O–H groups in total. The Kier molecular flexibility index (Phi) is 6.07. The summed E-state index contributed by atoms with van der Waals surface area (Å²) in [6, 6.07) is 9.41. The van der Waals surface area contributed by atoms with Crippen molar-refractivity contribution in [2.75, 3.05) is 33.2 Å². The third-order valence-corrected chi connectivity index (χ3v) is 8.65. The summed E-state index contributed by atoms with van der Waals surface area (Å²) in [6.45, 7) is 3.29. The number of piperidine rings is 1. The fraction of sp³-hybridized carbons (Fsp3) is 0.367. The number of likely N-dealkylation sites (tertiary alicyclic amines) is 1. The smallest absolute Gasteiger partial charge is 0.320 e. The Balaban J connectivity index is 1.29. The summed E-state index contributed by atoms with van der Waals surface area (Å²) in [5.74, 6) is -0.404. The molecule has 0 saturated carbocycles. The van der Waals surface area contributed by atoms with Gasteiger partial charge in [-0.25, -0.2) is 14.2 Å². The molecule has 3 aliphatic heterocycles. The number of carbonyl (C=O) groups excluding carboxylic acids is 2. The van der Waals surface area contributed by atoms with Gasteiger partial charge in [-0.2, -0.15) is 0 Å². The minimum Gasteiger partial charge on any atom is -0.352 e. The van der Waals surface area contributed by atoms with Crippen molar-refractivity contribution in [3.8, 4) is 0 Å². The van der Waals surface area contributed by atoms with E-state index in [1.54, 1.807) is 12.1 Å². The average Bonchev–Trinajstić information content (AvgIpc) is 3.51. The van der Waals surface area contributed by atoms with Crippen molar-refractivity contribution in [3.63, 3.8) is 0 Å². The summed E-state index contributed by atoms with van der Waals surface area (Å²) >= 11 is 0. The SMILES string of the molecule is CNC1CCN(C(=O)N2CCn3cc(C4=C(c5cnc6ccccn56)CNC(=O)C4)c4cc(F)cc(c43)C2)CC1. The van der Waals surface area contributed by atoms with E-state index >= 15 is 4.39 Å². The number of urea groups is 1. The Morgan fingerprint density at radius 1 is 1.10 bits per heavy atom. The molecule has 3 aromatic heterocycles. The lowest BCUT2D eigenvalue weighted by atomic mass is 9.91. The van der Waals surface area contributed by atoms with Gasteiger partial charge in [0.05, 0.1) is 23.8 Å². The molecule has 10 heteroatoms. The molecule has 3 amide bonds. The van der Waals surface area contributed by atoms with E-state index in [4.69, 9.17) is 0 Å². The minimum absolute atomic E-state index is 0.0134. The first-order chi connectivity index (χ1) is 19.5. The molecule has 1 fully saturated rings. The fourth-order valence-electron chi connectivity index (χ4n) is 6.55. The summed E-state index contributed by atoms with van der Waals surface area (Å²) in [5, 5.41) is 7.06. The van der Waals surface area contributed by atoms with E-state index in [9.17, 15) is 9.59 Å². The van der Waals surface area contributed by atoms with E-state index in [0.29, 0.717) is 32.2 Å². The molecule has 1 saturated heterocycles. The zero-order valence-corrected chi connectivity index (χ0v) is 22.5. The van der Waals surface area contributed by atoms with Gasteiger partial charge in [0.15, 0.2) is 0 Å². The van der Waals surface area contributed by atoms with Gasteiger partial charge in [0, 0.05) is 74.2 Å². The Morgan fingerprint density at radius 2 is 1.95 bits per heavy atom. The molecule has 7 rings (SSSR count). The monoisotopic (exact) mass is 541 g/mol. The Hall–Kier alpha value is -4.18. The van der Waals surface area contributed by atoms with E-state index in [-0.39, 0.29) is 24.2 Å². The summed E-state index contributed by atoms with van der Waals surface area (Å²) in [5.41, 5.74) is 6.17. The van der Waals surface area contributed by atoms with Crippen molar-refractivity contribution < 1.29 is 14.0 Å². The Bertz CT molecular complexity index is 1680. The van der Waals surface area contributed by atoms with Crippen LogP contribution < -0.4 is 10.6 Å². The number of fused-ring (bicyclic) bond motifs is 1. The van der Waals surface area contributed by atoms with Crippen LogP contribution in [0.4, 0.5) is 9.18 Å². The zero-order chi connectivity index (χ0) is 27.4. The van der Waals surface area contributed by atoms with Crippen LogP contribution in [0.25, 0.3) is 27.7 Å². The highest BCUT2D eigenvalue weighted by Gasteiger charge is 2.30. The lowest BCUT2D eigenvalue weighted by Gasteiger charge is -2.35. The number of halogens is 1. The number of imidazole rings is 1. The molecule has 0 radical (unpaired) electrons. The number of rotatable bonds is 3. The highest BCUT2D eigenvalue weighted by atomic mass is 19.1. The highest BCUT2D eigenvalue weighted by Crippen LogP contribution is 2.39. The van der Waals surface area contributed by atoms with Gasteiger partial charge < -0.3 is 25.0 Å². The van der Waals surface area contributed by atoms with Gasteiger partial charge in [-0.15, -0.1) is 0 Å². The first-order valence-corrected chi connectivity index (χ1v) is 13.9. The summed E-state index contributed by atoms with van der Waals surface area (Å²) in [7, 11) is 1.96. The van der Waals surface area contributed by atoms with Gasteiger partial charge in [0.2, 0.25) is 5.91 Å². The van der Waals surface area contributed by atoms with Crippen molar-refractivity contribution >= 4 is 39.6 Å². The average molecular weight is 542 g/mol. The largest absolute Gasteiger partial charge is 0.352 e. The van der Waals surface area contributed by atoms with Crippen LogP contribution in [0.3, 0.4) is 0 Å². The van der Waals surface area contributed by atoms with Gasteiger partial charge >= 0.3 is 6.03 Å². The minimum atomic E-state index is -0.345. The second-order valence-corrected chi connectivity index (χ2v) is 10.9. The third kappa shape index (κ3) is 4.14. The van der Waals surface area contributed by atoms with Crippen LogP contribution in [0.1, 0.15) is 36.1 Å². The number of hydrogen-bond donors (Lipinski definition) is 2. The molecule has 1 aromatic carbocycles. The van der Waals surface area contributed by atoms with E-state index < -0.39 is 0 Å². The molecular weight excluding hydrogens is 509 g/mol. The van der Waals surface area contributed by atoms with Gasteiger partial charge in [-0.1, -0.05) is 6.07 Å². The van der Waals surface area contributed by atoms with Crippen molar-refractivity contribution in [1.82, 2.24) is 34.4 Å². The number of amides is 3. The predicted molar refractivity (Wildman–Crippen MR) is 151 cm³/mol. The number of nitrogens with one attached hydrogen (secondary N) is 2. The van der Waals surface area contributed by atoms with E-state index in [1.807, 2.05) is 58.0 Å². The van der Waals surface area contributed by atoms with Gasteiger partial charge in [0.1, 0.15) is 11.5 Å². The topological polar surface area (TPSA) is 86.9 Å². The van der Waals surface area contributed by atoms with Crippen molar-refractivity contribution in [2.45, 2.75) is 38.4 Å². The van der Waals surface area contributed by atoms with E-state index in [1.165, 1.54) is 0 Å². The summed E-state index contributed by atoms with van der Waals surface area (Å²) in [4.78, 5) is 34.4. The molecule has 40 heavy (non-hydrogen) atoms. The van der Waals surface area contributed by atoms with Crippen molar-refractivity contribution in [3.05, 3.63) is 71.6 Å². The van der Waals surface area contributed by atoms with Crippen LogP contribution in [0.15, 0.2) is 48.9 Å². The van der Waals surface area contributed by atoms with Crippen molar-refractivity contribution in [1.29, 1.82) is 0 Å². The Morgan fingerprint density at radius 3 is 2.77 bits per heavy atom. The number of benzene rings is 1. The second-order valence-electron chi connectivity index (χ2n) is 10.9. The predicted octanol–water partition coefficient (Wildman–Crippen LogP) is 3.48. The summed E-state index contributed by atoms with van der Waals surface area (Å²) in [6.07, 6.45) is 7.90. The Labute approximate surface area is 231 Å². The standard InChI is InChI=1S/C30H32FN7O2/c1-32-21-5-8-35(9-6-21)30(40)37-11-10-36-18-25(23-13-20(31)12-19(17-37)29(23)36)22-14-28(39)34-15-24(22)26-16-33-27-4-2-3-7-38(26)27/h2-4,7,12-13,16,18,21,32H,5-6,8-11,14-15,17H2,1H3,(H,34,39). The molecule has 0 bridgehead atoms. The maximum atomic E-state index is 15.2. The van der Waals surface area contributed by atoms with Gasteiger partial charge in [-0.3, -0.25) is 9.20 Å². The first-order valence-electron chi connectivity index (χ1n) is 13.9. The molecule has 4 aromatic rings. The normalized spacial score (nSPS) is 18.5. The number of carbonyl (C=O) groups is 2. The van der Waals surface area contributed by atoms with Crippen LogP contribution >= 0.6 is 0 Å². The quantitative estimate of drug-likeness (QED) is 0.416. The molecule has 0 spiro atoms. The van der Waals surface area contributed by atoms with Crippen LogP contribution in [0, 0.1) is 5.82 Å². The van der Waals surface area contributed by atoms with E-state index in [0.717, 1.165) is 70.4 Å². The van der Waals surface area contributed by atoms with Crippen LogP contribution in [0.5, 0.6) is 0 Å². The molecule has 206 valence electrons. The van der Waals surface area contributed by atoms with Gasteiger partial charge in [-0.05, 0) is 55.3 Å². The molecule has 0 atom stereocenters. The second kappa shape index (κ2) is 9.78. The van der Waals surface area contributed by atoms with Crippen LogP contribution in [-0.2, 0) is 17.9 Å². The number of hydrogen-bond acceptors (Lipinski definition) is 4. The number of aromatic nitrogens is 3. The van der Waals surface area contributed by atoms with Crippen LogP contribution in [-0.4, -0.2) is 75.0 Å². The molecule has 0 unspecified atom stereocenters. The lowest BCUT2D eigenvalue weighted by molar-refractivity contribution is -0.120. The lowest BCUT2D eigenvalue weighted by Crippen LogP contribution is -2.49. The van der Waals surface area contributed by atoms with Crippen molar-refractivity contribution in [2.24, 2.45) is 0 Å². The highest BCUT2D eigenvalue weighted by molar-refractivity contribution is 6.08. The fourth-order valence-corrected chi connectivity index (χ4v) is 6.55. The van der Waals surface area contributed by atoms with Crippen LogP contribution in [0.2, 0.25) is 0 Å². The number of nitrogens with zero attached hydrogens (tertiary/aromatic N) is 5. The molecule has 6 heterocycles. The third-order valence-electron chi connectivity index (χ3n) is 8.65. The molecule has 9 nitrogen and oxygen atoms in total. The first kappa shape index (κ1) is 24.8. The number of pyridine rings is 1. The maximum Gasteiger partial charge on any atom is 0.320 e. The zero-order valence-electron chi connectivity index (χ0n) is 22.5. The molecular formula is C30H32FN7O2.